The molecule has 1 aromatic heterocycles. The summed E-state index contributed by atoms with van der Waals surface area (Å²) in [6, 6.07) is 15.3. The Balaban J connectivity index is 1.61. The zero-order valence-corrected chi connectivity index (χ0v) is 14.5. The lowest BCUT2D eigenvalue weighted by atomic mass is 10.2. The predicted molar refractivity (Wildman–Crippen MR) is 95.8 cm³/mol. The third kappa shape index (κ3) is 4.50. The Morgan fingerprint density at radius 3 is 2.56 bits per heavy atom. The molecular weight excluding hydrogens is 318 g/mol. The number of anilines is 1. The highest BCUT2D eigenvalue weighted by atomic mass is 16.5. The van der Waals surface area contributed by atoms with Gasteiger partial charge in [-0.25, -0.2) is 0 Å². The summed E-state index contributed by atoms with van der Waals surface area (Å²) < 4.78 is 16.5. The quantitative estimate of drug-likeness (QED) is 0.697. The van der Waals surface area contributed by atoms with Gasteiger partial charge in [-0.05, 0) is 56.3 Å². The average molecular weight is 339 g/mol. The van der Waals surface area contributed by atoms with E-state index in [0.717, 1.165) is 22.7 Å². The molecule has 6 heteroatoms. The molecule has 0 aliphatic carbocycles. The Hall–Kier alpha value is -3.02. The van der Waals surface area contributed by atoms with Crippen LogP contribution in [0.3, 0.4) is 0 Å². The molecule has 3 aromatic rings. The Morgan fingerprint density at radius 2 is 1.84 bits per heavy atom. The molecule has 130 valence electrons. The van der Waals surface area contributed by atoms with Crippen LogP contribution < -0.4 is 14.8 Å². The maximum atomic E-state index is 5.70. The normalized spacial score (nSPS) is 10.7. The number of hydrogen-bond acceptors (Lipinski definition) is 6. The molecule has 0 saturated heterocycles. The van der Waals surface area contributed by atoms with Gasteiger partial charge < -0.3 is 19.2 Å². The van der Waals surface area contributed by atoms with Crippen molar-refractivity contribution in [2.75, 3.05) is 12.4 Å². The van der Waals surface area contributed by atoms with E-state index < -0.39 is 0 Å². The Kier molecular flexibility index (Phi) is 5.18. The van der Waals surface area contributed by atoms with Crippen molar-refractivity contribution in [1.82, 2.24) is 10.2 Å². The SMILES string of the molecule is COc1cccc(-c2nnc(CNc3ccc(OC(C)C)cc3)o2)c1. The van der Waals surface area contributed by atoms with Crippen molar-refractivity contribution >= 4 is 5.69 Å². The number of nitrogens with zero attached hydrogens (tertiary/aromatic N) is 2. The van der Waals surface area contributed by atoms with Gasteiger partial charge in [-0.2, -0.15) is 0 Å². The number of aromatic nitrogens is 2. The fourth-order valence-corrected chi connectivity index (χ4v) is 2.30. The van der Waals surface area contributed by atoms with Crippen LogP contribution in [-0.2, 0) is 6.54 Å². The highest BCUT2D eigenvalue weighted by Crippen LogP contribution is 2.23. The third-order valence-corrected chi connectivity index (χ3v) is 3.45. The van der Waals surface area contributed by atoms with Crippen LogP contribution in [-0.4, -0.2) is 23.4 Å². The van der Waals surface area contributed by atoms with E-state index in [-0.39, 0.29) is 6.10 Å². The lowest BCUT2D eigenvalue weighted by molar-refractivity contribution is 0.242. The maximum absolute atomic E-state index is 5.70. The molecule has 3 rings (SSSR count). The van der Waals surface area contributed by atoms with Gasteiger partial charge in [0.15, 0.2) is 0 Å². The van der Waals surface area contributed by atoms with Crippen molar-refractivity contribution in [1.29, 1.82) is 0 Å². The van der Waals surface area contributed by atoms with E-state index in [0.29, 0.717) is 18.3 Å². The molecule has 1 heterocycles. The Labute approximate surface area is 146 Å². The van der Waals surface area contributed by atoms with Crippen LogP contribution in [0.15, 0.2) is 52.9 Å². The summed E-state index contributed by atoms with van der Waals surface area (Å²) in [4.78, 5) is 0. The Bertz CT molecular complexity index is 813. The minimum Gasteiger partial charge on any atom is -0.497 e. The fraction of sp³-hybridized carbons (Fsp3) is 0.263. The smallest absolute Gasteiger partial charge is 0.247 e. The first-order chi connectivity index (χ1) is 12.1. The van der Waals surface area contributed by atoms with Crippen molar-refractivity contribution in [2.24, 2.45) is 0 Å². The molecule has 0 atom stereocenters. The molecule has 0 spiro atoms. The predicted octanol–water partition coefficient (Wildman–Crippen LogP) is 4.14. The highest BCUT2D eigenvalue weighted by Gasteiger charge is 2.09. The van der Waals surface area contributed by atoms with Crippen LogP contribution in [0.2, 0.25) is 0 Å². The molecule has 25 heavy (non-hydrogen) atoms. The monoisotopic (exact) mass is 339 g/mol. The van der Waals surface area contributed by atoms with Gasteiger partial charge in [0.1, 0.15) is 11.5 Å². The van der Waals surface area contributed by atoms with Crippen LogP contribution in [0.5, 0.6) is 11.5 Å². The topological polar surface area (TPSA) is 69.4 Å². The largest absolute Gasteiger partial charge is 0.497 e. The van der Waals surface area contributed by atoms with Gasteiger partial charge >= 0.3 is 0 Å². The van der Waals surface area contributed by atoms with Crippen LogP contribution in [0.4, 0.5) is 5.69 Å². The third-order valence-electron chi connectivity index (χ3n) is 3.45. The summed E-state index contributed by atoms with van der Waals surface area (Å²) in [5, 5.41) is 11.4. The number of nitrogens with one attached hydrogen (secondary N) is 1. The highest BCUT2D eigenvalue weighted by molar-refractivity contribution is 5.55. The van der Waals surface area contributed by atoms with Crippen LogP contribution in [0, 0.1) is 0 Å². The summed E-state index contributed by atoms with van der Waals surface area (Å²) in [5.74, 6) is 2.58. The summed E-state index contributed by atoms with van der Waals surface area (Å²) in [7, 11) is 1.62. The van der Waals surface area contributed by atoms with E-state index in [1.54, 1.807) is 7.11 Å². The molecule has 2 aromatic carbocycles. The van der Waals surface area contributed by atoms with Crippen molar-refractivity contribution in [3.63, 3.8) is 0 Å². The van der Waals surface area contributed by atoms with E-state index in [1.807, 2.05) is 62.4 Å². The maximum Gasteiger partial charge on any atom is 0.247 e. The van der Waals surface area contributed by atoms with E-state index in [1.165, 1.54) is 0 Å². The van der Waals surface area contributed by atoms with Crippen molar-refractivity contribution < 1.29 is 13.9 Å². The molecule has 0 bridgehead atoms. The zero-order chi connectivity index (χ0) is 17.6. The first-order valence-corrected chi connectivity index (χ1v) is 8.11. The van der Waals surface area contributed by atoms with Crippen LogP contribution in [0.25, 0.3) is 11.5 Å². The summed E-state index contributed by atoms with van der Waals surface area (Å²) in [6.07, 6.45) is 0.159. The lowest BCUT2D eigenvalue weighted by Gasteiger charge is -2.10. The fourth-order valence-electron chi connectivity index (χ4n) is 2.30. The molecule has 0 saturated carbocycles. The molecule has 0 unspecified atom stereocenters. The van der Waals surface area contributed by atoms with Gasteiger partial charge in [-0.3, -0.25) is 0 Å². The first kappa shape index (κ1) is 16.8. The van der Waals surface area contributed by atoms with Crippen molar-refractivity contribution in [3.05, 3.63) is 54.4 Å². The number of benzene rings is 2. The number of ether oxygens (including phenoxy) is 2. The van der Waals surface area contributed by atoms with Gasteiger partial charge in [0.25, 0.3) is 0 Å². The molecule has 1 N–H and O–H groups in total. The molecular formula is C19H21N3O3. The van der Waals surface area contributed by atoms with Crippen LogP contribution >= 0.6 is 0 Å². The minimum absolute atomic E-state index is 0.159. The van der Waals surface area contributed by atoms with Crippen LogP contribution in [0.1, 0.15) is 19.7 Å². The average Bonchev–Trinajstić information content (AvgIpc) is 3.10. The number of rotatable bonds is 7. The van der Waals surface area contributed by atoms with Crippen molar-refractivity contribution in [3.8, 4) is 23.0 Å². The van der Waals surface area contributed by atoms with Gasteiger partial charge in [-0.15, -0.1) is 10.2 Å². The second kappa shape index (κ2) is 7.70. The molecule has 0 aliphatic heterocycles. The summed E-state index contributed by atoms with van der Waals surface area (Å²) >= 11 is 0. The number of methoxy groups -OCH3 is 1. The zero-order valence-electron chi connectivity index (χ0n) is 14.5. The van der Waals surface area contributed by atoms with Gasteiger partial charge in [0.2, 0.25) is 11.8 Å². The molecule has 0 amide bonds. The van der Waals surface area contributed by atoms with Crippen molar-refractivity contribution in [2.45, 2.75) is 26.5 Å². The Morgan fingerprint density at radius 1 is 1.04 bits per heavy atom. The lowest BCUT2D eigenvalue weighted by Crippen LogP contribution is -2.05. The van der Waals surface area contributed by atoms with Gasteiger partial charge in [0.05, 0.1) is 19.8 Å². The standard InChI is InChI=1S/C19H21N3O3/c1-13(2)24-16-9-7-15(8-10-16)20-12-18-21-22-19(25-18)14-5-4-6-17(11-14)23-3/h4-11,13,20H,12H2,1-3H3. The second-order valence-corrected chi connectivity index (χ2v) is 5.78. The van der Waals surface area contributed by atoms with E-state index >= 15 is 0 Å². The van der Waals surface area contributed by atoms with Gasteiger partial charge in [0, 0.05) is 11.3 Å². The number of hydrogen-bond donors (Lipinski definition) is 1. The minimum atomic E-state index is 0.159. The molecule has 6 nitrogen and oxygen atoms in total. The summed E-state index contributed by atoms with van der Waals surface area (Å²) in [6.45, 7) is 4.45. The molecule has 0 fully saturated rings. The molecule has 0 aliphatic rings. The first-order valence-electron chi connectivity index (χ1n) is 8.11. The van der Waals surface area contributed by atoms with Gasteiger partial charge in [-0.1, -0.05) is 6.07 Å². The second-order valence-electron chi connectivity index (χ2n) is 5.78. The van der Waals surface area contributed by atoms with E-state index in [2.05, 4.69) is 15.5 Å². The van der Waals surface area contributed by atoms with E-state index in [9.17, 15) is 0 Å². The molecule has 0 radical (unpaired) electrons. The van der Waals surface area contributed by atoms with E-state index in [4.69, 9.17) is 13.9 Å². The summed E-state index contributed by atoms with van der Waals surface area (Å²) in [5.41, 5.74) is 1.78.